The molecule has 0 unspecified atom stereocenters. The molecule has 1 aromatic heterocycles. The van der Waals surface area contributed by atoms with Crippen LogP contribution in [0.15, 0.2) is 34.9 Å². The summed E-state index contributed by atoms with van der Waals surface area (Å²) >= 11 is 3.40. The standard InChI is InChI=1S/C8H6BrN.C2H6/c9-7-2-1-6-3-4-10-8(6)5-7;1-2/h1-5,10H;1-2H3. The van der Waals surface area contributed by atoms with Gasteiger partial charge in [-0.1, -0.05) is 35.8 Å². The van der Waals surface area contributed by atoms with Crippen LogP contribution in [0.4, 0.5) is 0 Å². The molecule has 0 amide bonds. The normalized spacial score (nSPS) is 9.25. The van der Waals surface area contributed by atoms with Crippen LogP contribution in [0.1, 0.15) is 13.8 Å². The van der Waals surface area contributed by atoms with E-state index in [1.165, 1.54) is 10.9 Å². The molecule has 0 bridgehead atoms. The smallest absolute Gasteiger partial charge is 0.0465 e. The van der Waals surface area contributed by atoms with Gasteiger partial charge in [-0.15, -0.1) is 0 Å². The van der Waals surface area contributed by atoms with Crippen LogP contribution in [0, 0.1) is 0 Å². The molecule has 0 saturated heterocycles. The maximum atomic E-state index is 3.40. The van der Waals surface area contributed by atoms with Crippen molar-refractivity contribution in [3.63, 3.8) is 0 Å². The average molecular weight is 226 g/mol. The number of hydrogen-bond donors (Lipinski definition) is 1. The summed E-state index contributed by atoms with van der Waals surface area (Å²) in [5, 5.41) is 1.25. The summed E-state index contributed by atoms with van der Waals surface area (Å²) < 4.78 is 1.11. The van der Waals surface area contributed by atoms with Crippen LogP contribution in [0.5, 0.6) is 0 Å². The van der Waals surface area contributed by atoms with Crippen LogP contribution >= 0.6 is 15.9 Å². The van der Waals surface area contributed by atoms with Gasteiger partial charge in [0.15, 0.2) is 0 Å². The van der Waals surface area contributed by atoms with Gasteiger partial charge in [-0.3, -0.25) is 0 Å². The van der Waals surface area contributed by atoms with Crippen molar-refractivity contribution in [1.82, 2.24) is 4.98 Å². The molecule has 1 nitrogen and oxygen atoms in total. The molecule has 0 aliphatic carbocycles. The molecule has 64 valence electrons. The lowest BCUT2D eigenvalue weighted by molar-refractivity contribution is 1.47. The number of H-pyrrole nitrogens is 1. The molecule has 2 aromatic rings. The summed E-state index contributed by atoms with van der Waals surface area (Å²) in [6, 6.07) is 8.24. The molecular weight excluding hydrogens is 214 g/mol. The number of aromatic amines is 1. The number of hydrogen-bond acceptors (Lipinski definition) is 0. The first-order valence-corrected chi connectivity index (χ1v) is 4.88. The predicted octanol–water partition coefficient (Wildman–Crippen LogP) is 3.96. The predicted molar refractivity (Wildman–Crippen MR) is 57.3 cm³/mol. The fourth-order valence-corrected chi connectivity index (χ4v) is 1.38. The topological polar surface area (TPSA) is 15.8 Å². The van der Waals surface area contributed by atoms with Crippen molar-refractivity contribution in [2.75, 3.05) is 0 Å². The molecule has 2 heteroatoms. The number of aromatic nitrogens is 1. The molecule has 0 fully saturated rings. The van der Waals surface area contributed by atoms with Gasteiger partial charge in [-0.2, -0.15) is 0 Å². The Morgan fingerprint density at radius 2 is 1.92 bits per heavy atom. The van der Waals surface area contributed by atoms with E-state index in [1.807, 2.05) is 26.1 Å². The molecule has 0 spiro atoms. The highest BCUT2D eigenvalue weighted by Crippen LogP contribution is 2.17. The van der Waals surface area contributed by atoms with Crippen LogP contribution in [-0.2, 0) is 0 Å². The Hall–Kier alpha value is -0.760. The zero-order chi connectivity index (χ0) is 8.97. The first-order valence-electron chi connectivity index (χ1n) is 4.09. The Kier molecular flexibility index (Phi) is 3.35. The molecule has 1 N–H and O–H groups in total. The maximum Gasteiger partial charge on any atom is 0.0465 e. The van der Waals surface area contributed by atoms with E-state index in [4.69, 9.17) is 0 Å². The molecule has 0 aliphatic rings. The summed E-state index contributed by atoms with van der Waals surface area (Å²) in [5.74, 6) is 0. The van der Waals surface area contributed by atoms with Crippen LogP contribution in [0.2, 0.25) is 0 Å². The van der Waals surface area contributed by atoms with Crippen molar-refractivity contribution in [2.45, 2.75) is 13.8 Å². The summed E-state index contributed by atoms with van der Waals surface area (Å²) in [6.07, 6.45) is 1.94. The number of fused-ring (bicyclic) bond motifs is 1. The highest BCUT2D eigenvalue weighted by atomic mass is 79.9. The van der Waals surface area contributed by atoms with Gasteiger partial charge < -0.3 is 4.98 Å². The second-order valence-electron chi connectivity index (χ2n) is 2.21. The Bertz CT molecular complexity index is 351. The van der Waals surface area contributed by atoms with E-state index in [1.54, 1.807) is 0 Å². The lowest BCUT2D eigenvalue weighted by Crippen LogP contribution is -1.66. The zero-order valence-corrected chi connectivity index (χ0v) is 8.85. The van der Waals surface area contributed by atoms with Crippen LogP contribution < -0.4 is 0 Å². The van der Waals surface area contributed by atoms with Gasteiger partial charge in [0.2, 0.25) is 0 Å². The molecule has 0 radical (unpaired) electrons. The highest BCUT2D eigenvalue weighted by molar-refractivity contribution is 9.10. The molecule has 0 aliphatic heterocycles. The molecule has 0 saturated carbocycles. The van der Waals surface area contributed by atoms with E-state index >= 15 is 0 Å². The third-order valence-corrected chi connectivity index (χ3v) is 2.01. The molecule has 12 heavy (non-hydrogen) atoms. The second kappa shape index (κ2) is 4.31. The van der Waals surface area contributed by atoms with E-state index in [-0.39, 0.29) is 0 Å². The van der Waals surface area contributed by atoms with Gasteiger partial charge >= 0.3 is 0 Å². The summed E-state index contributed by atoms with van der Waals surface area (Å²) in [4.78, 5) is 3.13. The van der Waals surface area contributed by atoms with Crippen molar-refractivity contribution in [3.05, 3.63) is 34.9 Å². The lowest BCUT2D eigenvalue weighted by atomic mass is 10.3. The van der Waals surface area contributed by atoms with Gasteiger partial charge in [0, 0.05) is 16.2 Å². The largest absolute Gasteiger partial charge is 0.361 e. The van der Waals surface area contributed by atoms with E-state index in [0.29, 0.717) is 0 Å². The molecule has 2 rings (SSSR count). The fraction of sp³-hybridized carbons (Fsp3) is 0.200. The zero-order valence-electron chi connectivity index (χ0n) is 7.26. The molecule has 0 atom stereocenters. The first kappa shape index (κ1) is 9.33. The van der Waals surface area contributed by atoms with Gasteiger partial charge in [-0.25, -0.2) is 0 Å². The van der Waals surface area contributed by atoms with Gasteiger partial charge in [-0.05, 0) is 23.6 Å². The maximum absolute atomic E-state index is 3.40. The highest BCUT2D eigenvalue weighted by Gasteiger charge is 1.92. The minimum Gasteiger partial charge on any atom is -0.361 e. The second-order valence-corrected chi connectivity index (χ2v) is 3.12. The van der Waals surface area contributed by atoms with Gasteiger partial charge in [0.05, 0.1) is 0 Å². The minimum absolute atomic E-state index is 1.11. The Morgan fingerprint density at radius 3 is 2.67 bits per heavy atom. The molecular formula is C10H12BrN. The Morgan fingerprint density at radius 1 is 1.17 bits per heavy atom. The van der Waals surface area contributed by atoms with E-state index in [0.717, 1.165) is 4.47 Å². The summed E-state index contributed by atoms with van der Waals surface area (Å²) in [5.41, 5.74) is 1.18. The number of nitrogens with one attached hydrogen (secondary N) is 1. The van der Waals surface area contributed by atoms with E-state index in [2.05, 4.69) is 39.1 Å². The SMILES string of the molecule is Brc1ccc2cc[nH]c2c1.CC. The Balaban J connectivity index is 0.000000336. The van der Waals surface area contributed by atoms with Crippen LogP contribution in [-0.4, -0.2) is 4.98 Å². The minimum atomic E-state index is 1.11. The number of rotatable bonds is 0. The summed E-state index contributed by atoms with van der Waals surface area (Å²) in [7, 11) is 0. The monoisotopic (exact) mass is 225 g/mol. The van der Waals surface area contributed by atoms with Crippen LogP contribution in [0.3, 0.4) is 0 Å². The van der Waals surface area contributed by atoms with E-state index < -0.39 is 0 Å². The summed E-state index contributed by atoms with van der Waals surface area (Å²) in [6.45, 7) is 4.00. The quantitative estimate of drug-likeness (QED) is 0.699. The van der Waals surface area contributed by atoms with Gasteiger partial charge in [0.1, 0.15) is 0 Å². The van der Waals surface area contributed by atoms with Gasteiger partial charge in [0.25, 0.3) is 0 Å². The van der Waals surface area contributed by atoms with Crippen molar-refractivity contribution in [2.24, 2.45) is 0 Å². The fourth-order valence-electron chi connectivity index (χ4n) is 1.02. The third-order valence-electron chi connectivity index (χ3n) is 1.52. The first-order chi connectivity index (χ1) is 5.86. The Labute approximate surface area is 80.9 Å². The molecule has 1 heterocycles. The average Bonchev–Trinajstić information content (AvgIpc) is 2.54. The third kappa shape index (κ3) is 1.89. The van der Waals surface area contributed by atoms with Crippen molar-refractivity contribution < 1.29 is 0 Å². The lowest BCUT2D eigenvalue weighted by Gasteiger charge is -1.89. The van der Waals surface area contributed by atoms with Crippen LogP contribution in [0.25, 0.3) is 10.9 Å². The number of benzene rings is 1. The van der Waals surface area contributed by atoms with Crippen molar-refractivity contribution >= 4 is 26.8 Å². The number of halogens is 1. The van der Waals surface area contributed by atoms with Crippen molar-refractivity contribution in [3.8, 4) is 0 Å². The molecule has 1 aromatic carbocycles. The van der Waals surface area contributed by atoms with E-state index in [9.17, 15) is 0 Å². The van der Waals surface area contributed by atoms with Crippen molar-refractivity contribution in [1.29, 1.82) is 0 Å².